The summed E-state index contributed by atoms with van der Waals surface area (Å²) in [7, 11) is 0. The van der Waals surface area contributed by atoms with Crippen molar-refractivity contribution >= 4 is 26.4 Å². The van der Waals surface area contributed by atoms with Gasteiger partial charge in [0.2, 0.25) is 0 Å². The normalized spacial score (nSPS) is 10.4. The van der Waals surface area contributed by atoms with E-state index in [0.29, 0.717) is 0 Å². The molecule has 0 aliphatic rings. The van der Waals surface area contributed by atoms with Crippen molar-refractivity contribution in [1.82, 2.24) is 14.6 Å². The fourth-order valence-electron chi connectivity index (χ4n) is 0.903. The van der Waals surface area contributed by atoms with Crippen LogP contribution in [0.1, 0.15) is 0 Å². The van der Waals surface area contributed by atoms with Gasteiger partial charge in [0.15, 0.2) is 5.65 Å². The molecule has 0 spiro atoms. The maximum absolute atomic E-state index is 4.18. The van der Waals surface area contributed by atoms with Crippen LogP contribution in [0.5, 0.6) is 0 Å². The van der Waals surface area contributed by atoms with Crippen LogP contribution in [0.15, 0.2) is 24.7 Å². The number of hydrogen-bond donors (Lipinski definition) is 0. The molecular formula is C6H6AlN3. The highest BCUT2D eigenvalue weighted by molar-refractivity contribution is 6.31. The van der Waals surface area contributed by atoms with Gasteiger partial charge in [0.05, 0.1) is 6.20 Å². The molecular weight excluding hydrogens is 141 g/mol. The third kappa shape index (κ3) is 0.822. The minimum Gasteiger partial charge on any atom is -0.238 e. The van der Waals surface area contributed by atoms with Gasteiger partial charge in [-0.25, -0.2) is 9.50 Å². The van der Waals surface area contributed by atoms with Crippen molar-refractivity contribution < 1.29 is 0 Å². The average molecular weight is 147 g/mol. The van der Waals surface area contributed by atoms with Crippen molar-refractivity contribution in [3.8, 4) is 0 Å². The molecule has 0 atom stereocenters. The fraction of sp³-hybridized carbons (Fsp3) is 0. The predicted octanol–water partition coefficient (Wildman–Crippen LogP) is -1.01. The Kier molecular flexibility index (Phi) is 1.23. The van der Waals surface area contributed by atoms with Crippen molar-refractivity contribution in [3.05, 3.63) is 24.7 Å². The van der Waals surface area contributed by atoms with Crippen molar-refractivity contribution in [2.24, 2.45) is 0 Å². The number of aromatic nitrogens is 3. The summed E-state index contributed by atoms with van der Waals surface area (Å²) in [5.74, 6) is 0. The summed E-state index contributed by atoms with van der Waals surface area (Å²) >= 11 is 1.03. The van der Waals surface area contributed by atoms with Crippen molar-refractivity contribution in [2.75, 3.05) is 0 Å². The van der Waals surface area contributed by atoms with Crippen LogP contribution >= 0.6 is 0 Å². The third-order valence-electron chi connectivity index (χ3n) is 1.38. The van der Waals surface area contributed by atoms with E-state index in [2.05, 4.69) is 10.1 Å². The molecule has 10 heavy (non-hydrogen) atoms. The van der Waals surface area contributed by atoms with Gasteiger partial charge in [0, 0.05) is 18.5 Å². The van der Waals surface area contributed by atoms with Crippen LogP contribution in [0, 0.1) is 0 Å². The molecule has 0 aliphatic heterocycles. The van der Waals surface area contributed by atoms with E-state index in [-0.39, 0.29) is 0 Å². The summed E-state index contributed by atoms with van der Waals surface area (Å²) in [6.45, 7) is 0. The highest BCUT2D eigenvalue weighted by atomic mass is 27.0. The molecule has 0 bridgehead atoms. The standard InChI is InChI=1S/C6H4N3.Al.2H/c1-3-7-6-2-4-8-9(6)5-1;;;/h2-5H;;;. The van der Waals surface area contributed by atoms with Crippen LogP contribution in [-0.2, 0) is 0 Å². The van der Waals surface area contributed by atoms with Gasteiger partial charge < -0.3 is 0 Å². The van der Waals surface area contributed by atoms with Crippen molar-refractivity contribution in [2.45, 2.75) is 0 Å². The monoisotopic (exact) mass is 147 g/mol. The van der Waals surface area contributed by atoms with E-state index in [1.807, 2.05) is 18.5 Å². The summed E-state index contributed by atoms with van der Waals surface area (Å²) in [5.41, 5.74) is 0.916. The van der Waals surface area contributed by atoms with Gasteiger partial charge in [-0.2, -0.15) is 5.10 Å². The molecule has 0 unspecified atom stereocenters. The molecule has 0 saturated heterocycles. The third-order valence-corrected chi connectivity index (χ3v) is 1.89. The zero-order chi connectivity index (χ0) is 6.97. The molecule has 48 valence electrons. The van der Waals surface area contributed by atoms with Crippen LogP contribution in [0.3, 0.4) is 0 Å². The quantitative estimate of drug-likeness (QED) is 0.447. The summed E-state index contributed by atoms with van der Waals surface area (Å²) in [4.78, 5) is 4.18. The summed E-state index contributed by atoms with van der Waals surface area (Å²) < 4.78 is 3.05. The van der Waals surface area contributed by atoms with Crippen LogP contribution in [0.2, 0.25) is 0 Å². The molecule has 0 saturated carbocycles. The smallest absolute Gasteiger partial charge is 0.238 e. The van der Waals surface area contributed by atoms with E-state index < -0.39 is 0 Å². The second kappa shape index (κ2) is 2.08. The highest BCUT2D eigenvalue weighted by Gasteiger charge is 1.91. The van der Waals surface area contributed by atoms with Gasteiger partial charge in [-0.05, 0) is 0 Å². The van der Waals surface area contributed by atoms with Crippen LogP contribution in [0.25, 0.3) is 5.65 Å². The maximum atomic E-state index is 4.18. The number of rotatable bonds is 0. The zero-order valence-corrected chi connectivity index (χ0v) is 7.65. The number of nitrogens with zero attached hydrogens (tertiary/aromatic N) is 3. The Morgan fingerprint density at radius 1 is 1.50 bits per heavy atom. The maximum Gasteiger partial charge on any atom is 0.263 e. The molecule has 0 N–H and O–H groups in total. The predicted molar refractivity (Wildman–Crippen MR) is 41.2 cm³/mol. The minimum absolute atomic E-state index is 0.916. The van der Waals surface area contributed by atoms with Gasteiger partial charge in [-0.15, -0.1) is 0 Å². The van der Waals surface area contributed by atoms with E-state index in [9.17, 15) is 0 Å². The Labute approximate surface area is 66.1 Å². The van der Waals surface area contributed by atoms with Gasteiger partial charge >= 0.3 is 0 Å². The molecule has 2 rings (SSSR count). The molecule has 2 heterocycles. The first kappa shape index (κ1) is 5.90. The van der Waals surface area contributed by atoms with Crippen LogP contribution in [-0.4, -0.2) is 30.9 Å². The van der Waals surface area contributed by atoms with Crippen LogP contribution < -0.4 is 4.43 Å². The lowest BCUT2D eigenvalue weighted by Crippen LogP contribution is -2.06. The molecule has 2 aromatic heterocycles. The Bertz CT molecular complexity index is 355. The lowest BCUT2D eigenvalue weighted by molar-refractivity contribution is 0.946. The molecule has 0 amide bonds. The van der Waals surface area contributed by atoms with E-state index in [4.69, 9.17) is 0 Å². The zero-order valence-electron chi connectivity index (χ0n) is 5.65. The Hall–Kier alpha value is -0.848. The van der Waals surface area contributed by atoms with Crippen molar-refractivity contribution in [1.29, 1.82) is 0 Å². The number of hydrogen-bond acceptors (Lipinski definition) is 2. The molecule has 0 aromatic carbocycles. The highest BCUT2D eigenvalue weighted by Crippen LogP contribution is 1.91. The molecule has 4 heteroatoms. The van der Waals surface area contributed by atoms with Crippen LogP contribution in [0.4, 0.5) is 0 Å². The molecule has 3 nitrogen and oxygen atoms in total. The first-order valence-corrected chi connectivity index (χ1v) is 4.12. The Balaban J connectivity index is 2.86. The second-order valence-electron chi connectivity index (χ2n) is 2.27. The SMILES string of the molecule is [AlH2][c]1cnc2ccnn2c1. The molecule has 0 radical (unpaired) electrons. The van der Waals surface area contributed by atoms with Gasteiger partial charge in [-0.1, -0.05) is 4.43 Å². The minimum atomic E-state index is 0.916. The van der Waals surface area contributed by atoms with Crippen molar-refractivity contribution in [3.63, 3.8) is 0 Å². The average Bonchev–Trinajstić information content (AvgIpc) is 2.33. The summed E-state index contributed by atoms with van der Waals surface area (Å²) in [5, 5.41) is 4.06. The van der Waals surface area contributed by atoms with Gasteiger partial charge in [-0.3, -0.25) is 0 Å². The topological polar surface area (TPSA) is 30.2 Å². The van der Waals surface area contributed by atoms with E-state index in [1.54, 1.807) is 10.7 Å². The van der Waals surface area contributed by atoms with E-state index >= 15 is 0 Å². The van der Waals surface area contributed by atoms with Gasteiger partial charge in [0.1, 0.15) is 0 Å². The lowest BCUT2D eigenvalue weighted by Gasteiger charge is -1.92. The summed E-state index contributed by atoms with van der Waals surface area (Å²) in [6, 6.07) is 1.89. The first-order valence-electron chi connectivity index (χ1n) is 3.12. The number of fused-ring (bicyclic) bond motifs is 1. The molecule has 2 aromatic rings. The first-order chi connectivity index (χ1) is 4.86. The van der Waals surface area contributed by atoms with E-state index in [0.717, 1.165) is 21.9 Å². The Morgan fingerprint density at radius 3 is 3.30 bits per heavy atom. The van der Waals surface area contributed by atoms with Gasteiger partial charge in [0.25, 0.3) is 16.3 Å². The molecule has 0 aliphatic carbocycles. The fourth-order valence-corrected chi connectivity index (χ4v) is 1.28. The lowest BCUT2D eigenvalue weighted by atomic mass is 10.6. The largest absolute Gasteiger partial charge is 0.263 e. The van der Waals surface area contributed by atoms with E-state index in [1.165, 1.54) is 4.43 Å². The molecule has 0 fully saturated rings. The Morgan fingerprint density at radius 2 is 2.40 bits per heavy atom. The summed E-state index contributed by atoms with van der Waals surface area (Å²) in [6.07, 6.45) is 5.65. The second-order valence-corrected chi connectivity index (χ2v) is 3.42.